The molecule has 2 aromatic carbocycles. The minimum absolute atomic E-state index is 0.0275. The highest BCUT2D eigenvalue weighted by Gasteiger charge is 2.37. The predicted molar refractivity (Wildman–Crippen MR) is 119 cm³/mol. The van der Waals surface area contributed by atoms with E-state index in [9.17, 15) is 14.4 Å². The fourth-order valence-corrected chi connectivity index (χ4v) is 3.72. The summed E-state index contributed by atoms with van der Waals surface area (Å²) in [7, 11) is 5.02. The van der Waals surface area contributed by atoms with Gasteiger partial charge in [0.1, 0.15) is 5.75 Å². The van der Waals surface area contributed by atoms with Gasteiger partial charge in [0.15, 0.2) is 0 Å². The number of anilines is 1. The van der Waals surface area contributed by atoms with E-state index < -0.39 is 0 Å². The van der Waals surface area contributed by atoms with E-state index in [-0.39, 0.29) is 30.1 Å². The Bertz CT molecular complexity index is 938. The average Bonchev–Trinajstić information content (AvgIpc) is 3.18. The van der Waals surface area contributed by atoms with Crippen LogP contribution in [0.2, 0.25) is 0 Å². The molecule has 3 rings (SSSR count). The number of hydrogen-bond donors (Lipinski definition) is 0. The van der Waals surface area contributed by atoms with Gasteiger partial charge in [-0.25, -0.2) is 0 Å². The van der Waals surface area contributed by atoms with E-state index in [1.807, 2.05) is 31.2 Å². The lowest BCUT2D eigenvalue weighted by molar-refractivity contribution is -0.136. The van der Waals surface area contributed by atoms with Gasteiger partial charge in [-0.15, -0.1) is 0 Å². The van der Waals surface area contributed by atoms with Gasteiger partial charge in [-0.2, -0.15) is 0 Å². The number of ether oxygens (including phenoxy) is 1. The summed E-state index contributed by atoms with van der Waals surface area (Å²) in [5.74, 6) is 0.215. The molecule has 7 heteroatoms. The van der Waals surface area contributed by atoms with Crippen LogP contribution in [-0.2, 0) is 16.1 Å². The molecule has 0 bridgehead atoms. The minimum Gasteiger partial charge on any atom is -0.497 e. The van der Waals surface area contributed by atoms with Crippen molar-refractivity contribution < 1.29 is 19.1 Å². The molecule has 1 fully saturated rings. The molecule has 0 aliphatic carbocycles. The smallest absolute Gasteiger partial charge is 0.253 e. The Kier molecular flexibility index (Phi) is 6.95. The Hall–Kier alpha value is -3.35. The summed E-state index contributed by atoms with van der Waals surface area (Å²) in [6, 6.07) is 14.6. The van der Waals surface area contributed by atoms with Crippen LogP contribution in [0, 0.1) is 5.92 Å². The first-order valence-corrected chi connectivity index (χ1v) is 10.4. The van der Waals surface area contributed by atoms with Crippen molar-refractivity contribution in [2.75, 3.05) is 39.2 Å². The maximum absolute atomic E-state index is 13.1. The quantitative estimate of drug-likeness (QED) is 0.687. The largest absolute Gasteiger partial charge is 0.497 e. The number of methoxy groups -OCH3 is 1. The summed E-state index contributed by atoms with van der Waals surface area (Å²) in [5, 5.41) is 0. The summed E-state index contributed by atoms with van der Waals surface area (Å²) >= 11 is 0. The van der Waals surface area contributed by atoms with Gasteiger partial charge >= 0.3 is 0 Å². The van der Waals surface area contributed by atoms with Crippen LogP contribution in [0.1, 0.15) is 29.3 Å². The fourth-order valence-electron chi connectivity index (χ4n) is 3.72. The summed E-state index contributed by atoms with van der Waals surface area (Å²) < 4.78 is 5.17. The van der Waals surface area contributed by atoms with E-state index in [0.29, 0.717) is 25.2 Å². The molecule has 1 aliphatic heterocycles. The molecular weight excluding hydrogens is 394 g/mol. The molecule has 1 aliphatic rings. The molecule has 1 atom stereocenters. The second-order valence-corrected chi connectivity index (χ2v) is 7.85. The molecule has 0 spiro atoms. The van der Waals surface area contributed by atoms with Crippen molar-refractivity contribution in [3.8, 4) is 5.75 Å². The van der Waals surface area contributed by atoms with Gasteiger partial charge in [0.25, 0.3) is 5.91 Å². The van der Waals surface area contributed by atoms with Crippen molar-refractivity contribution in [3.63, 3.8) is 0 Å². The molecule has 0 saturated carbocycles. The second-order valence-electron chi connectivity index (χ2n) is 7.85. The summed E-state index contributed by atoms with van der Waals surface area (Å²) in [6.45, 7) is 3.29. The minimum atomic E-state index is -0.371. The fraction of sp³-hybridized carbons (Fsp3) is 0.375. The lowest BCUT2D eigenvalue weighted by Crippen LogP contribution is -2.37. The zero-order valence-electron chi connectivity index (χ0n) is 18.5. The lowest BCUT2D eigenvalue weighted by Gasteiger charge is -2.24. The molecule has 1 saturated heterocycles. The van der Waals surface area contributed by atoms with Crippen molar-refractivity contribution in [3.05, 3.63) is 59.7 Å². The zero-order valence-corrected chi connectivity index (χ0v) is 18.5. The van der Waals surface area contributed by atoms with Crippen molar-refractivity contribution in [2.45, 2.75) is 19.9 Å². The van der Waals surface area contributed by atoms with E-state index in [1.165, 1.54) is 4.90 Å². The number of carbonyl (C=O) groups is 3. The molecule has 164 valence electrons. The van der Waals surface area contributed by atoms with Gasteiger partial charge in [-0.3, -0.25) is 14.4 Å². The lowest BCUT2D eigenvalue weighted by atomic mass is 10.1. The Balaban J connectivity index is 1.66. The second kappa shape index (κ2) is 9.64. The molecule has 3 amide bonds. The topological polar surface area (TPSA) is 70.2 Å². The maximum Gasteiger partial charge on any atom is 0.253 e. The van der Waals surface area contributed by atoms with Crippen molar-refractivity contribution in [1.29, 1.82) is 0 Å². The third kappa shape index (κ3) is 5.05. The van der Waals surface area contributed by atoms with Gasteiger partial charge in [-0.1, -0.05) is 12.1 Å². The van der Waals surface area contributed by atoms with E-state index in [0.717, 1.165) is 17.0 Å². The standard InChI is InChI=1S/C24H29N3O4/c1-5-26(15-17-6-8-18(9-7-17)23(29)25(2)3)24(30)19-14-22(28)27(16-19)20-10-12-21(31-4)13-11-20/h6-13,19H,5,14-16H2,1-4H3. The molecule has 1 unspecified atom stereocenters. The molecule has 1 heterocycles. The van der Waals surface area contributed by atoms with Crippen molar-refractivity contribution >= 4 is 23.4 Å². The number of carbonyl (C=O) groups excluding carboxylic acids is 3. The highest BCUT2D eigenvalue weighted by Crippen LogP contribution is 2.28. The third-order valence-electron chi connectivity index (χ3n) is 5.53. The Morgan fingerprint density at radius 2 is 1.71 bits per heavy atom. The van der Waals surface area contributed by atoms with E-state index >= 15 is 0 Å². The Morgan fingerprint density at radius 3 is 2.26 bits per heavy atom. The normalized spacial score (nSPS) is 15.7. The molecule has 0 aromatic heterocycles. The van der Waals surface area contributed by atoms with Crippen molar-refractivity contribution in [2.24, 2.45) is 5.92 Å². The first-order chi connectivity index (χ1) is 14.8. The number of rotatable bonds is 7. The summed E-state index contributed by atoms with van der Waals surface area (Å²) in [4.78, 5) is 42.7. The summed E-state index contributed by atoms with van der Waals surface area (Å²) in [6.07, 6.45) is 0.206. The third-order valence-corrected chi connectivity index (χ3v) is 5.53. The van der Waals surface area contributed by atoms with Crippen LogP contribution < -0.4 is 9.64 Å². The molecule has 2 aromatic rings. The van der Waals surface area contributed by atoms with E-state index in [4.69, 9.17) is 4.74 Å². The van der Waals surface area contributed by atoms with Gasteiger partial charge in [0, 0.05) is 51.4 Å². The molecule has 31 heavy (non-hydrogen) atoms. The van der Waals surface area contributed by atoms with Gasteiger partial charge in [0.05, 0.1) is 13.0 Å². The highest BCUT2D eigenvalue weighted by atomic mass is 16.5. The SMILES string of the molecule is CCN(Cc1ccc(C(=O)N(C)C)cc1)C(=O)C1CC(=O)N(c2ccc(OC)cc2)C1. The molecular formula is C24H29N3O4. The van der Waals surface area contributed by atoms with Gasteiger partial charge < -0.3 is 19.4 Å². The van der Waals surface area contributed by atoms with Crippen molar-refractivity contribution in [1.82, 2.24) is 9.80 Å². The van der Waals surface area contributed by atoms with Gasteiger partial charge in [-0.05, 0) is 48.9 Å². The van der Waals surface area contributed by atoms with Crippen LogP contribution in [0.25, 0.3) is 0 Å². The molecule has 7 nitrogen and oxygen atoms in total. The summed E-state index contributed by atoms with van der Waals surface area (Å²) in [5.41, 5.74) is 2.33. The molecule has 0 radical (unpaired) electrons. The van der Waals surface area contributed by atoms with Crippen LogP contribution in [0.15, 0.2) is 48.5 Å². The Labute approximate surface area is 183 Å². The maximum atomic E-state index is 13.1. The first kappa shape index (κ1) is 22.3. The van der Waals surface area contributed by atoms with E-state index in [2.05, 4.69) is 0 Å². The van der Waals surface area contributed by atoms with Crippen LogP contribution in [0.4, 0.5) is 5.69 Å². The van der Waals surface area contributed by atoms with Crippen LogP contribution in [0.3, 0.4) is 0 Å². The average molecular weight is 424 g/mol. The Morgan fingerprint density at radius 1 is 1.06 bits per heavy atom. The van der Waals surface area contributed by atoms with Crippen LogP contribution in [-0.4, -0.2) is 61.8 Å². The zero-order chi connectivity index (χ0) is 22.5. The van der Waals surface area contributed by atoms with E-state index in [1.54, 1.807) is 55.3 Å². The van der Waals surface area contributed by atoms with Crippen LogP contribution >= 0.6 is 0 Å². The number of amides is 3. The van der Waals surface area contributed by atoms with Crippen LogP contribution in [0.5, 0.6) is 5.75 Å². The monoisotopic (exact) mass is 423 g/mol. The number of hydrogen-bond acceptors (Lipinski definition) is 4. The molecule has 0 N–H and O–H groups in total. The number of benzene rings is 2. The highest BCUT2D eigenvalue weighted by molar-refractivity contribution is 6.00. The number of nitrogens with zero attached hydrogens (tertiary/aromatic N) is 3. The van der Waals surface area contributed by atoms with Gasteiger partial charge in [0.2, 0.25) is 11.8 Å². The first-order valence-electron chi connectivity index (χ1n) is 10.4. The predicted octanol–water partition coefficient (Wildman–Crippen LogP) is 2.80.